The second kappa shape index (κ2) is 27.4. The topological polar surface area (TPSA) is 112 Å². The van der Waals surface area contributed by atoms with Crippen LogP contribution < -0.4 is 18.9 Å². The Balaban J connectivity index is 1.18. The van der Waals surface area contributed by atoms with Gasteiger partial charge in [0.1, 0.15) is 46.0 Å². The maximum Gasteiger partial charge on any atom is 0.261 e. The van der Waals surface area contributed by atoms with Gasteiger partial charge in [-0.2, -0.15) is 0 Å². The van der Waals surface area contributed by atoms with Crippen molar-refractivity contribution >= 4 is 78.9 Å². The first kappa shape index (κ1) is 75.9. The molecule has 2 heterocycles. The minimum atomic E-state index is -0.535. The van der Waals surface area contributed by atoms with Crippen LogP contribution in [0.25, 0.3) is 55.2 Å². The first-order valence-electron chi connectivity index (χ1n) is 38.1. The standard InChI is InChI=1S/C98H106N2O8/c1-23-59-25-29-61(30-26-59)53-99-87(101)71-49-75(105-67-41-33-63(34-42-67)95(15,16)55-91(3,4)5)81-83-77(107-69-45-37-65(38-46-69)97(19,20)57-93(9,10)11)51-73-80-74(90(104)100(89(73)103)54-62-31-27-60(24-2)28-32-62)52-78(108-70-47-39-66(40-48-70)98(21,22)58-94(12,13)14)84(86(80)83)82-76(50-72(88(99)102)79(71)85(81)82)106-68-43-35-64(36-44-68)96(17,18)56-92(6,7)8/h23-52H,1-2,53-58H2,3-22H3. The van der Waals surface area contributed by atoms with Gasteiger partial charge in [-0.25, -0.2) is 0 Å². The van der Waals surface area contributed by atoms with Crippen molar-refractivity contribution in [3.05, 3.63) is 250 Å². The fraction of sp³-hybridized carbons (Fsp3) is 0.347. The Labute approximate surface area is 639 Å². The molecule has 10 heteroatoms. The minimum absolute atomic E-state index is 0.0301. The lowest BCUT2D eigenvalue weighted by molar-refractivity contribution is 0.0583. The average molecular weight is 1440 g/mol. The number of benzene rings is 11. The van der Waals surface area contributed by atoms with E-state index in [2.05, 4.69) is 200 Å². The molecule has 11 aromatic carbocycles. The highest BCUT2D eigenvalue weighted by Crippen LogP contribution is 2.59. The van der Waals surface area contributed by atoms with E-state index in [4.69, 9.17) is 18.9 Å². The highest BCUT2D eigenvalue weighted by atomic mass is 16.5. The summed E-state index contributed by atoms with van der Waals surface area (Å²) in [4.78, 5) is 67.4. The molecule has 0 aliphatic carbocycles. The van der Waals surface area contributed by atoms with Crippen molar-refractivity contribution in [1.82, 2.24) is 9.80 Å². The Morgan fingerprint density at radius 2 is 0.481 bits per heavy atom. The molecule has 108 heavy (non-hydrogen) atoms. The molecule has 0 radical (unpaired) electrons. The fourth-order valence-electron chi connectivity index (χ4n) is 18.2. The number of hydrogen-bond donors (Lipinski definition) is 0. The zero-order valence-corrected chi connectivity index (χ0v) is 67.1. The van der Waals surface area contributed by atoms with E-state index in [1.54, 1.807) is 36.4 Å². The first-order valence-corrected chi connectivity index (χ1v) is 38.1. The predicted octanol–water partition coefficient (Wildman–Crippen LogP) is 26.6. The summed E-state index contributed by atoms with van der Waals surface area (Å²) >= 11 is 0. The van der Waals surface area contributed by atoms with Gasteiger partial charge in [0, 0.05) is 43.1 Å². The van der Waals surface area contributed by atoms with Gasteiger partial charge < -0.3 is 18.9 Å². The molecule has 4 amide bonds. The third-order valence-electron chi connectivity index (χ3n) is 21.5. The van der Waals surface area contributed by atoms with Crippen LogP contribution in [0.1, 0.15) is 250 Å². The van der Waals surface area contributed by atoms with Gasteiger partial charge in [0.05, 0.1) is 35.3 Å². The normalized spacial score (nSPS) is 14.1. The molecule has 11 aromatic rings. The van der Waals surface area contributed by atoms with Gasteiger partial charge in [0.2, 0.25) is 0 Å². The molecule has 0 bridgehead atoms. The van der Waals surface area contributed by atoms with Crippen LogP contribution in [0.3, 0.4) is 0 Å². The van der Waals surface area contributed by atoms with E-state index >= 15 is 19.2 Å². The van der Waals surface area contributed by atoms with Crippen LogP contribution in [-0.4, -0.2) is 33.4 Å². The summed E-state index contributed by atoms with van der Waals surface area (Å²) < 4.78 is 30.0. The molecule has 2 aliphatic heterocycles. The summed E-state index contributed by atoms with van der Waals surface area (Å²) in [6.07, 6.45) is 7.16. The van der Waals surface area contributed by atoms with Gasteiger partial charge >= 0.3 is 0 Å². The van der Waals surface area contributed by atoms with Crippen LogP contribution in [0, 0.1) is 21.7 Å². The summed E-state index contributed by atoms with van der Waals surface area (Å²) in [5, 5.41) is 3.37. The molecule has 0 fully saturated rings. The molecule has 556 valence electrons. The van der Waals surface area contributed by atoms with Crippen LogP contribution in [0.5, 0.6) is 46.0 Å². The van der Waals surface area contributed by atoms with Crippen molar-refractivity contribution < 1.29 is 38.1 Å². The van der Waals surface area contributed by atoms with Gasteiger partial charge in [-0.1, -0.05) is 261 Å². The van der Waals surface area contributed by atoms with Crippen LogP contribution in [0.4, 0.5) is 0 Å². The Morgan fingerprint density at radius 3 is 0.667 bits per heavy atom. The zero-order valence-electron chi connectivity index (χ0n) is 67.1. The van der Waals surface area contributed by atoms with E-state index in [-0.39, 0.29) is 102 Å². The molecule has 0 aromatic heterocycles. The molecule has 0 unspecified atom stereocenters. The molecule has 0 atom stereocenters. The van der Waals surface area contributed by atoms with Crippen molar-refractivity contribution in [2.24, 2.45) is 21.7 Å². The highest BCUT2D eigenvalue weighted by Gasteiger charge is 2.43. The van der Waals surface area contributed by atoms with Crippen molar-refractivity contribution in [2.75, 3.05) is 0 Å². The molecule has 0 saturated heterocycles. The minimum Gasteiger partial charge on any atom is -0.457 e. The molecule has 2 aliphatic rings. The highest BCUT2D eigenvalue weighted by molar-refractivity contribution is 6.45. The van der Waals surface area contributed by atoms with Crippen molar-refractivity contribution in [2.45, 2.75) is 199 Å². The average Bonchev–Trinajstić information content (AvgIpc) is 0.671. The van der Waals surface area contributed by atoms with E-state index in [1.165, 1.54) is 9.80 Å². The van der Waals surface area contributed by atoms with E-state index in [0.29, 0.717) is 66.1 Å². The quantitative estimate of drug-likeness (QED) is 0.0375. The number of carbonyl (C=O) groups is 4. The van der Waals surface area contributed by atoms with Crippen LogP contribution in [0.2, 0.25) is 0 Å². The maximum atomic E-state index is 16.2. The smallest absolute Gasteiger partial charge is 0.261 e. The van der Waals surface area contributed by atoms with Crippen molar-refractivity contribution in [3.63, 3.8) is 0 Å². The number of carbonyl (C=O) groups excluding carboxylic acids is 4. The summed E-state index contributed by atoms with van der Waals surface area (Å²) in [6, 6.07) is 54.9. The Hall–Kier alpha value is -10.3. The molecule has 0 spiro atoms. The van der Waals surface area contributed by atoms with Crippen molar-refractivity contribution in [1.29, 1.82) is 0 Å². The number of ether oxygens (including phenoxy) is 4. The number of imide groups is 2. The van der Waals surface area contributed by atoms with Crippen LogP contribution in [0.15, 0.2) is 183 Å². The number of fused-ring (bicyclic) bond motifs is 2. The molecule has 0 saturated carbocycles. The monoisotopic (exact) mass is 1440 g/mol. The second-order valence-corrected chi connectivity index (χ2v) is 38.0. The Kier molecular flexibility index (Phi) is 19.3. The third kappa shape index (κ3) is 15.2. The van der Waals surface area contributed by atoms with E-state index < -0.39 is 23.6 Å². The fourth-order valence-corrected chi connectivity index (χ4v) is 18.2. The van der Waals surface area contributed by atoms with Crippen LogP contribution >= 0.6 is 0 Å². The lowest BCUT2D eigenvalue weighted by Gasteiger charge is -2.33. The molecule has 13 rings (SSSR count). The SMILES string of the molecule is C=Cc1ccc(CN2C(=O)c3cc(Oc4ccc(C(C)(C)CC(C)(C)C)cc4)c4c5c(Oc6ccc(C(C)(C)CC(C)(C)C)cc6)cc6c7c(cc(Oc8ccc(C(C)(C)CC(C)(C)C)cc8)c(c8c(Oc9ccc(C(C)(C)CC(C)(C)C)cc9)cc(c3c48)C2=O)c75)C(=O)N(Cc2ccc(C=C)cc2)C6=O)cc1. The third-order valence-corrected chi connectivity index (χ3v) is 21.5. The summed E-state index contributed by atoms with van der Waals surface area (Å²) in [5.74, 6) is 0.736. The molecular formula is C98H106N2O8. The van der Waals surface area contributed by atoms with E-state index in [1.807, 2.05) is 97.1 Å². The second-order valence-electron chi connectivity index (χ2n) is 38.0. The molecular weight excluding hydrogens is 1330 g/mol. The zero-order chi connectivity index (χ0) is 77.9. The predicted molar refractivity (Wildman–Crippen MR) is 444 cm³/mol. The van der Waals surface area contributed by atoms with E-state index in [9.17, 15) is 0 Å². The summed E-state index contributed by atoms with van der Waals surface area (Å²) in [6.45, 7) is 52.9. The van der Waals surface area contributed by atoms with Gasteiger partial charge in [-0.3, -0.25) is 29.0 Å². The summed E-state index contributed by atoms with van der Waals surface area (Å²) in [7, 11) is 0. The molecule has 10 nitrogen and oxygen atoms in total. The van der Waals surface area contributed by atoms with Gasteiger partial charge in [0.15, 0.2) is 0 Å². The largest absolute Gasteiger partial charge is 0.457 e. The maximum absolute atomic E-state index is 16.2. The van der Waals surface area contributed by atoms with Gasteiger partial charge in [-0.15, -0.1) is 0 Å². The van der Waals surface area contributed by atoms with Crippen LogP contribution in [-0.2, 0) is 34.7 Å². The molecule has 0 N–H and O–H groups in total. The van der Waals surface area contributed by atoms with Gasteiger partial charge in [-0.05, 0) is 186 Å². The van der Waals surface area contributed by atoms with E-state index in [0.717, 1.165) is 70.2 Å². The Morgan fingerprint density at radius 1 is 0.278 bits per heavy atom. The van der Waals surface area contributed by atoms with Crippen molar-refractivity contribution in [3.8, 4) is 46.0 Å². The number of nitrogens with zero attached hydrogens (tertiary/aromatic N) is 2. The lowest BCUT2D eigenvalue weighted by Crippen LogP contribution is -2.40. The Bertz CT molecular complexity index is 4760. The lowest BCUT2D eigenvalue weighted by atomic mass is 9.72. The van der Waals surface area contributed by atoms with Gasteiger partial charge in [0.25, 0.3) is 23.6 Å². The number of hydrogen-bond acceptors (Lipinski definition) is 8. The first-order chi connectivity index (χ1) is 50.5. The number of rotatable bonds is 22. The summed E-state index contributed by atoms with van der Waals surface area (Å²) in [5.41, 5.74) is 7.84. The number of amides is 4.